The van der Waals surface area contributed by atoms with E-state index in [0.29, 0.717) is 0 Å². The third-order valence-corrected chi connectivity index (χ3v) is 5.37. The van der Waals surface area contributed by atoms with E-state index in [1.54, 1.807) is 6.42 Å². The second kappa shape index (κ2) is 4.33. The number of hydrogen-bond acceptors (Lipinski definition) is 1. The van der Waals surface area contributed by atoms with Crippen LogP contribution in [0.5, 0.6) is 0 Å². The van der Waals surface area contributed by atoms with E-state index in [9.17, 15) is 0 Å². The Morgan fingerprint density at radius 3 is 2.44 bits per heavy atom. The molecule has 0 saturated heterocycles. The highest BCUT2D eigenvalue weighted by molar-refractivity contribution is 4.94. The van der Waals surface area contributed by atoms with Crippen LogP contribution in [0.1, 0.15) is 58.8 Å². The van der Waals surface area contributed by atoms with Gasteiger partial charge >= 0.3 is 0 Å². The molecule has 0 spiro atoms. The van der Waals surface area contributed by atoms with Crippen LogP contribution in [0.2, 0.25) is 0 Å². The van der Waals surface area contributed by atoms with Gasteiger partial charge in [0.15, 0.2) is 0 Å². The predicted molar refractivity (Wildman–Crippen MR) is 68.3 cm³/mol. The summed E-state index contributed by atoms with van der Waals surface area (Å²) in [5.41, 5.74) is 0. The van der Waals surface area contributed by atoms with Gasteiger partial charge in [-0.1, -0.05) is 19.3 Å². The lowest BCUT2D eigenvalue weighted by atomic mass is 9.83. The highest BCUT2D eigenvalue weighted by Crippen LogP contribution is 2.49. The molecule has 3 rings (SSSR count). The average Bonchev–Trinajstić information content (AvgIpc) is 2.81. The summed E-state index contributed by atoms with van der Waals surface area (Å²) in [4.78, 5) is 0. The molecule has 5 atom stereocenters. The summed E-state index contributed by atoms with van der Waals surface area (Å²) in [6.45, 7) is 4.83. The van der Waals surface area contributed by atoms with Crippen molar-refractivity contribution >= 4 is 0 Å². The maximum Gasteiger partial charge on any atom is 0.00722 e. The molecular formula is C15H27N. The molecule has 3 fully saturated rings. The van der Waals surface area contributed by atoms with Crippen molar-refractivity contribution in [1.29, 1.82) is 0 Å². The fraction of sp³-hybridized carbons (Fsp3) is 1.00. The largest absolute Gasteiger partial charge is 0.311 e. The van der Waals surface area contributed by atoms with Gasteiger partial charge < -0.3 is 5.32 Å². The van der Waals surface area contributed by atoms with Crippen molar-refractivity contribution in [2.75, 3.05) is 0 Å². The standard InChI is InChI=1S/C15H27N/c1-10(7-12-3-4-12)16-11(2)15-9-13-5-6-14(15)8-13/h10-16H,3-9H2,1-2H3. The fourth-order valence-electron chi connectivity index (χ4n) is 4.40. The lowest BCUT2D eigenvalue weighted by Crippen LogP contribution is -2.41. The summed E-state index contributed by atoms with van der Waals surface area (Å²) in [5.74, 6) is 4.23. The average molecular weight is 221 g/mol. The van der Waals surface area contributed by atoms with Gasteiger partial charge in [-0.2, -0.15) is 0 Å². The van der Waals surface area contributed by atoms with Gasteiger partial charge in [0.25, 0.3) is 0 Å². The van der Waals surface area contributed by atoms with Gasteiger partial charge in [-0.3, -0.25) is 0 Å². The van der Waals surface area contributed by atoms with Gasteiger partial charge in [-0.05, 0) is 63.2 Å². The van der Waals surface area contributed by atoms with Gasteiger partial charge in [0.1, 0.15) is 0 Å². The molecule has 16 heavy (non-hydrogen) atoms. The maximum absolute atomic E-state index is 3.88. The molecule has 1 nitrogen and oxygen atoms in total. The minimum atomic E-state index is 0.752. The zero-order valence-corrected chi connectivity index (χ0v) is 10.9. The molecular weight excluding hydrogens is 194 g/mol. The van der Waals surface area contributed by atoms with Gasteiger partial charge in [0.2, 0.25) is 0 Å². The summed E-state index contributed by atoms with van der Waals surface area (Å²) in [7, 11) is 0. The molecule has 92 valence electrons. The first kappa shape index (κ1) is 11.1. The first-order valence-electron chi connectivity index (χ1n) is 7.48. The van der Waals surface area contributed by atoms with Crippen LogP contribution in [-0.2, 0) is 0 Å². The second-order valence-electron chi connectivity index (χ2n) is 6.87. The van der Waals surface area contributed by atoms with Gasteiger partial charge in [-0.15, -0.1) is 0 Å². The summed E-state index contributed by atoms with van der Waals surface area (Å²) in [5, 5.41) is 3.88. The van der Waals surface area contributed by atoms with Crippen LogP contribution < -0.4 is 5.32 Å². The van der Waals surface area contributed by atoms with Crippen molar-refractivity contribution < 1.29 is 0 Å². The molecule has 0 amide bonds. The number of hydrogen-bond donors (Lipinski definition) is 1. The molecule has 5 unspecified atom stereocenters. The van der Waals surface area contributed by atoms with E-state index in [0.717, 1.165) is 35.8 Å². The third-order valence-electron chi connectivity index (χ3n) is 5.37. The van der Waals surface area contributed by atoms with E-state index in [2.05, 4.69) is 19.2 Å². The molecule has 3 aliphatic rings. The summed E-state index contributed by atoms with van der Waals surface area (Å²) < 4.78 is 0. The van der Waals surface area contributed by atoms with Crippen molar-refractivity contribution in [1.82, 2.24) is 5.32 Å². The first-order valence-corrected chi connectivity index (χ1v) is 7.48. The number of nitrogens with one attached hydrogen (secondary N) is 1. The lowest BCUT2D eigenvalue weighted by Gasteiger charge is -2.31. The molecule has 3 saturated carbocycles. The van der Waals surface area contributed by atoms with Crippen LogP contribution in [0.15, 0.2) is 0 Å². The maximum atomic E-state index is 3.88. The Balaban J connectivity index is 1.46. The van der Waals surface area contributed by atoms with Crippen molar-refractivity contribution in [2.24, 2.45) is 23.7 Å². The van der Waals surface area contributed by atoms with Crippen LogP contribution in [0.25, 0.3) is 0 Å². The normalized spacial score (nSPS) is 41.2. The van der Waals surface area contributed by atoms with E-state index < -0.39 is 0 Å². The minimum Gasteiger partial charge on any atom is -0.311 e. The van der Waals surface area contributed by atoms with E-state index >= 15 is 0 Å². The lowest BCUT2D eigenvalue weighted by molar-refractivity contribution is 0.243. The van der Waals surface area contributed by atoms with Crippen LogP contribution >= 0.6 is 0 Å². The zero-order valence-electron chi connectivity index (χ0n) is 10.9. The van der Waals surface area contributed by atoms with Crippen LogP contribution in [0.4, 0.5) is 0 Å². The molecule has 1 heteroatoms. The van der Waals surface area contributed by atoms with Crippen LogP contribution in [0.3, 0.4) is 0 Å². The Hall–Kier alpha value is -0.0400. The van der Waals surface area contributed by atoms with Gasteiger partial charge in [-0.25, -0.2) is 0 Å². The monoisotopic (exact) mass is 221 g/mol. The van der Waals surface area contributed by atoms with Crippen LogP contribution in [0, 0.1) is 23.7 Å². The molecule has 0 aromatic carbocycles. The Morgan fingerprint density at radius 1 is 1.06 bits per heavy atom. The Kier molecular flexibility index (Phi) is 2.99. The molecule has 0 heterocycles. The zero-order chi connectivity index (χ0) is 11.1. The number of fused-ring (bicyclic) bond motifs is 2. The van der Waals surface area contributed by atoms with Gasteiger partial charge in [0.05, 0.1) is 0 Å². The third kappa shape index (κ3) is 2.30. The summed E-state index contributed by atoms with van der Waals surface area (Å²) >= 11 is 0. The first-order chi connectivity index (χ1) is 7.72. The molecule has 3 aliphatic carbocycles. The smallest absolute Gasteiger partial charge is 0.00722 e. The van der Waals surface area contributed by atoms with E-state index in [4.69, 9.17) is 0 Å². The van der Waals surface area contributed by atoms with Crippen molar-refractivity contribution in [2.45, 2.75) is 70.9 Å². The van der Waals surface area contributed by atoms with Crippen molar-refractivity contribution in [3.63, 3.8) is 0 Å². The van der Waals surface area contributed by atoms with E-state index in [1.807, 2.05) is 0 Å². The quantitative estimate of drug-likeness (QED) is 0.748. The SMILES string of the molecule is CC(CC1CC1)NC(C)C1CC2CCC1C2. The highest BCUT2D eigenvalue weighted by Gasteiger charge is 2.41. The molecule has 0 aromatic heterocycles. The second-order valence-corrected chi connectivity index (χ2v) is 6.87. The van der Waals surface area contributed by atoms with Crippen LogP contribution in [-0.4, -0.2) is 12.1 Å². The Labute approximate surface area is 100 Å². The summed E-state index contributed by atoms with van der Waals surface area (Å²) in [6.07, 6.45) is 10.5. The molecule has 0 aromatic rings. The predicted octanol–water partition coefficient (Wildman–Crippen LogP) is 3.59. The summed E-state index contributed by atoms with van der Waals surface area (Å²) in [6, 6.07) is 1.52. The molecule has 0 aliphatic heterocycles. The molecule has 0 radical (unpaired) electrons. The van der Waals surface area contributed by atoms with E-state index in [-0.39, 0.29) is 0 Å². The Morgan fingerprint density at radius 2 is 1.88 bits per heavy atom. The minimum absolute atomic E-state index is 0.752. The fourth-order valence-corrected chi connectivity index (χ4v) is 4.40. The molecule has 2 bridgehead atoms. The Bertz CT molecular complexity index is 246. The van der Waals surface area contributed by atoms with E-state index in [1.165, 1.54) is 38.5 Å². The van der Waals surface area contributed by atoms with Crippen molar-refractivity contribution in [3.05, 3.63) is 0 Å². The van der Waals surface area contributed by atoms with Crippen molar-refractivity contribution in [3.8, 4) is 0 Å². The molecule has 1 N–H and O–H groups in total. The topological polar surface area (TPSA) is 12.0 Å². The highest BCUT2D eigenvalue weighted by atomic mass is 14.9. The van der Waals surface area contributed by atoms with Gasteiger partial charge in [0, 0.05) is 12.1 Å². The number of rotatable bonds is 5.